The van der Waals surface area contributed by atoms with Crippen LogP contribution in [-0.4, -0.2) is 30.0 Å². The zero-order chi connectivity index (χ0) is 18.1. The average molecular weight is 355 g/mol. The summed E-state index contributed by atoms with van der Waals surface area (Å²) in [6.45, 7) is 3.46. The molecule has 1 fully saturated rings. The number of fused-ring (bicyclic) bond motifs is 3. The summed E-state index contributed by atoms with van der Waals surface area (Å²) >= 11 is 0. The predicted molar refractivity (Wildman–Crippen MR) is 99.6 cm³/mol. The zero-order valence-electron chi connectivity index (χ0n) is 15.3. The average Bonchev–Trinajstić information content (AvgIpc) is 2.98. The van der Waals surface area contributed by atoms with Gasteiger partial charge >= 0.3 is 5.63 Å². The Morgan fingerprint density at radius 1 is 1.08 bits per heavy atom. The Morgan fingerprint density at radius 3 is 2.58 bits per heavy atom. The van der Waals surface area contributed by atoms with E-state index in [0.29, 0.717) is 11.3 Å². The van der Waals surface area contributed by atoms with Crippen molar-refractivity contribution in [1.29, 1.82) is 0 Å². The van der Waals surface area contributed by atoms with E-state index in [1.165, 1.54) is 12.8 Å². The second-order valence-electron chi connectivity index (χ2n) is 7.36. The summed E-state index contributed by atoms with van der Waals surface area (Å²) in [7, 11) is 0. The third kappa shape index (κ3) is 3.22. The lowest BCUT2D eigenvalue weighted by molar-refractivity contribution is -0.137. The third-order valence-corrected chi connectivity index (χ3v) is 5.52. The van der Waals surface area contributed by atoms with Crippen LogP contribution in [-0.2, 0) is 17.6 Å². The van der Waals surface area contributed by atoms with Crippen molar-refractivity contribution < 1.29 is 13.9 Å². The number of hydrogen-bond donors (Lipinski definition) is 0. The second-order valence-corrected chi connectivity index (χ2v) is 7.36. The van der Waals surface area contributed by atoms with E-state index in [9.17, 15) is 9.59 Å². The van der Waals surface area contributed by atoms with Crippen molar-refractivity contribution in [3.63, 3.8) is 0 Å². The molecule has 5 nitrogen and oxygen atoms in total. The highest BCUT2D eigenvalue weighted by atomic mass is 16.5. The molecule has 138 valence electrons. The first-order chi connectivity index (χ1) is 12.6. The molecule has 1 aliphatic heterocycles. The molecular formula is C21H25NO4. The van der Waals surface area contributed by atoms with E-state index in [1.807, 2.05) is 17.9 Å². The maximum absolute atomic E-state index is 12.7. The number of carbonyl (C=O) groups is 1. The number of nitrogens with zero attached hydrogens (tertiary/aromatic N) is 1. The van der Waals surface area contributed by atoms with Crippen LogP contribution in [0.25, 0.3) is 11.0 Å². The third-order valence-electron chi connectivity index (χ3n) is 5.52. The molecule has 1 atom stereocenters. The van der Waals surface area contributed by atoms with Crippen molar-refractivity contribution in [3.05, 3.63) is 39.7 Å². The largest absolute Gasteiger partial charge is 0.481 e. The fourth-order valence-corrected chi connectivity index (χ4v) is 4.14. The quantitative estimate of drug-likeness (QED) is 0.791. The van der Waals surface area contributed by atoms with Gasteiger partial charge in [-0.15, -0.1) is 0 Å². The van der Waals surface area contributed by atoms with Crippen LogP contribution in [0.5, 0.6) is 5.75 Å². The van der Waals surface area contributed by atoms with E-state index in [1.54, 1.807) is 12.1 Å². The Kier molecular flexibility index (Phi) is 4.70. The van der Waals surface area contributed by atoms with Gasteiger partial charge in [0.15, 0.2) is 6.10 Å². The van der Waals surface area contributed by atoms with Crippen molar-refractivity contribution in [2.24, 2.45) is 0 Å². The van der Waals surface area contributed by atoms with Gasteiger partial charge in [0.05, 0.1) is 0 Å². The lowest BCUT2D eigenvalue weighted by Crippen LogP contribution is -2.40. The molecule has 0 saturated carbocycles. The molecule has 1 unspecified atom stereocenters. The molecule has 4 rings (SSSR count). The molecule has 0 N–H and O–H groups in total. The van der Waals surface area contributed by atoms with E-state index >= 15 is 0 Å². The van der Waals surface area contributed by atoms with Crippen molar-refractivity contribution >= 4 is 16.9 Å². The maximum atomic E-state index is 12.7. The highest BCUT2D eigenvalue weighted by molar-refractivity contribution is 5.84. The Bertz CT molecular complexity index is 877. The highest BCUT2D eigenvalue weighted by Gasteiger charge is 2.24. The molecule has 5 heteroatoms. The van der Waals surface area contributed by atoms with Gasteiger partial charge in [0.2, 0.25) is 0 Å². The van der Waals surface area contributed by atoms with Gasteiger partial charge in [-0.3, -0.25) is 4.79 Å². The summed E-state index contributed by atoms with van der Waals surface area (Å²) in [6, 6.07) is 5.46. The number of rotatable bonds is 3. The van der Waals surface area contributed by atoms with Crippen LogP contribution >= 0.6 is 0 Å². The van der Waals surface area contributed by atoms with E-state index in [0.717, 1.165) is 61.7 Å². The number of amides is 1. The van der Waals surface area contributed by atoms with Gasteiger partial charge in [-0.25, -0.2) is 4.79 Å². The first-order valence-corrected chi connectivity index (χ1v) is 9.67. The Labute approximate surface area is 152 Å². The van der Waals surface area contributed by atoms with Crippen LogP contribution in [0.1, 0.15) is 50.2 Å². The molecule has 0 bridgehead atoms. The minimum atomic E-state index is -0.519. The van der Waals surface area contributed by atoms with Crippen LogP contribution in [0.2, 0.25) is 0 Å². The first-order valence-electron chi connectivity index (χ1n) is 9.67. The van der Waals surface area contributed by atoms with Gasteiger partial charge in [-0.05, 0) is 62.8 Å². The Hall–Kier alpha value is -2.30. The molecular weight excluding hydrogens is 330 g/mol. The van der Waals surface area contributed by atoms with Crippen LogP contribution in [0, 0.1) is 0 Å². The molecule has 1 aliphatic carbocycles. The standard InChI is InChI=1S/C21H25NO4/c1-14(20(23)22-11-4-2-3-5-12-22)25-15-9-10-19-18(13-15)16-7-6-8-17(16)21(24)26-19/h9-10,13-14H,2-8,11-12H2,1H3. The molecule has 1 amide bonds. The summed E-state index contributed by atoms with van der Waals surface area (Å²) in [5, 5.41) is 0.934. The van der Waals surface area contributed by atoms with Crippen LogP contribution in [0.4, 0.5) is 0 Å². The lowest BCUT2D eigenvalue weighted by Gasteiger charge is -2.24. The summed E-state index contributed by atoms with van der Waals surface area (Å²) < 4.78 is 11.4. The van der Waals surface area contributed by atoms with Gasteiger partial charge in [-0.1, -0.05) is 12.8 Å². The smallest absolute Gasteiger partial charge is 0.339 e. The van der Waals surface area contributed by atoms with Crippen molar-refractivity contribution in [3.8, 4) is 5.75 Å². The van der Waals surface area contributed by atoms with Gasteiger partial charge < -0.3 is 14.1 Å². The molecule has 1 saturated heterocycles. The molecule has 26 heavy (non-hydrogen) atoms. The van der Waals surface area contributed by atoms with E-state index < -0.39 is 6.10 Å². The maximum Gasteiger partial charge on any atom is 0.339 e. The predicted octanol–water partition coefficient (Wildman–Crippen LogP) is 3.45. The highest BCUT2D eigenvalue weighted by Crippen LogP contribution is 2.30. The van der Waals surface area contributed by atoms with Gasteiger partial charge in [0.25, 0.3) is 5.91 Å². The number of aryl methyl sites for hydroxylation is 1. The molecule has 2 aromatic rings. The minimum absolute atomic E-state index is 0.0526. The SMILES string of the molecule is CC(Oc1ccc2oc(=O)c3c(c2c1)CCC3)C(=O)N1CCCCCC1. The van der Waals surface area contributed by atoms with Crippen molar-refractivity contribution in [2.75, 3.05) is 13.1 Å². The summed E-state index contributed by atoms with van der Waals surface area (Å²) in [5.74, 6) is 0.702. The fourth-order valence-electron chi connectivity index (χ4n) is 4.14. The number of hydrogen-bond acceptors (Lipinski definition) is 4. The molecule has 2 aliphatic rings. The van der Waals surface area contributed by atoms with Crippen LogP contribution in [0.15, 0.2) is 27.4 Å². The van der Waals surface area contributed by atoms with Gasteiger partial charge in [0, 0.05) is 24.0 Å². The summed E-state index contributed by atoms with van der Waals surface area (Å²) in [6.07, 6.45) is 6.66. The Morgan fingerprint density at radius 2 is 1.81 bits per heavy atom. The monoisotopic (exact) mass is 355 g/mol. The number of benzene rings is 1. The molecule has 0 radical (unpaired) electrons. The van der Waals surface area contributed by atoms with Crippen molar-refractivity contribution in [1.82, 2.24) is 4.90 Å². The number of likely N-dealkylation sites (tertiary alicyclic amines) is 1. The number of carbonyl (C=O) groups excluding carboxylic acids is 1. The zero-order valence-corrected chi connectivity index (χ0v) is 15.3. The van der Waals surface area contributed by atoms with E-state index in [2.05, 4.69) is 0 Å². The number of ether oxygens (including phenoxy) is 1. The van der Waals surface area contributed by atoms with Crippen LogP contribution in [0.3, 0.4) is 0 Å². The molecule has 0 spiro atoms. The normalized spacial score (nSPS) is 18.4. The molecule has 1 aromatic heterocycles. The van der Waals surface area contributed by atoms with Crippen LogP contribution < -0.4 is 10.4 Å². The van der Waals surface area contributed by atoms with E-state index in [4.69, 9.17) is 9.15 Å². The topological polar surface area (TPSA) is 59.8 Å². The lowest BCUT2D eigenvalue weighted by atomic mass is 10.1. The fraction of sp³-hybridized carbons (Fsp3) is 0.524. The summed E-state index contributed by atoms with van der Waals surface area (Å²) in [4.78, 5) is 26.6. The van der Waals surface area contributed by atoms with Gasteiger partial charge in [0.1, 0.15) is 11.3 Å². The van der Waals surface area contributed by atoms with E-state index in [-0.39, 0.29) is 11.5 Å². The molecule has 1 aromatic carbocycles. The first kappa shape index (κ1) is 17.1. The minimum Gasteiger partial charge on any atom is -0.481 e. The second kappa shape index (κ2) is 7.14. The van der Waals surface area contributed by atoms with Gasteiger partial charge in [-0.2, -0.15) is 0 Å². The summed E-state index contributed by atoms with van der Waals surface area (Å²) in [5.41, 5.74) is 2.24. The Balaban J connectivity index is 1.56. The molecule has 2 heterocycles. The van der Waals surface area contributed by atoms with Crippen molar-refractivity contribution in [2.45, 2.75) is 58.0 Å².